The molecule has 0 spiro atoms. The van der Waals surface area contributed by atoms with E-state index < -0.39 is 45.9 Å². The molecular weight excluding hydrogens is 622 g/mol. The van der Waals surface area contributed by atoms with Crippen LogP contribution >= 0.6 is 0 Å². The molecule has 0 aromatic carbocycles. The van der Waals surface area contributed by atoms with Gasteiger partial charge in [-0.25, -0.2) is 5.43 Å². The van der Waals surface area contributed by atoms with Crippen molar-refractivity contribution in [2.75, 3.05) is 33.2 Å². The van der Waals surface area contributed by atoms with E-state index in [2.05, 4.69) is 30.0 Å². The lowest BCUT2D eigenvalue weighted by molar-refractivity contribution is -0.145. The second kappa shape index (κ2) is 13.6. The Labute approximate surface area is 280 Å². The van der Waals surface area contributed by atoms with Crippen LogP contribution in [0.5, 0.6) is 0 Å². The molecule has 0 aromatic heterocycles. The topological polar surface area (TPSA) is 174 Å². The molecule has 2 heterocycles. The van der Waals surface area contributed by atoms with Crippen LogP contribution < -0.4 is 21.9 Å². The fraction of sp³-hybridized carbons (Fsp3) is 0.879. The van der Waals surface area contributed by atoms with Crippen molar-refractivity contribution in [2.45, 2.75) is 117 Å². The molecule has 13 nitrogen and oxygen atoms in total. The summed E-state index contributed by atoms with van der Waals surface area (Å²) < 4.78 is 29.1. The van der Waals surface area contributed by atoms with E-state index in [4.69, 9.17) is 5.73 Å². The first-order valence-corrected chi connectivity index (χ1v) is 19.0. The number of piperidine rings is 1. The first-order valence-electron chi connectivity index (χ1n) is 17.6. The van der Waals surface area contributed by atoms with Gasteiger partial charge >= 0.3 is 0 Å². The second-order valence-corrected chi connectivity index (χ2v) is 18.5. The Hall–Kier alpha value is -2.13. The van der Waals surface area contributed by atoms with E-state index in [1.54, 1.807) is 11.9 Å². The van der Waals surface area contributed by atoms with Crippen molar-refractivity contribution in [3.8, 4) is 0 Å². The number of ketones is 1. The van der Waals surface area contributed by atoms with Crippen LogP contribution in [0.1, 0.15) is 92.4 Å². The number of hydrazine groups is 1. The molecule has 0 aromatic rings. The minimum Gasteiger partial charge on any atom is -0.363 e. The summed E-state index contributed by atoms with van der Waals surface area (Å²) in [5.74, 6) is -2.01. The molecule has 3 saturated carbocycles. The van der Waals surface area contributed by atoms with Crippen LogP contribution in [-0.2, 0) is 29.4 Å². The molecule has 3 unspecified atom stereocenters. The van der Waals surface area contributed by atoms with Crippen molar-refractivity contribution in [3.63, 3.8) is 0 Å². The maximum absolute atomic E-state index is 14.6. The van der Waals surface area contributed by atoms with Crippen LogP contribution in [0, 0.1) is 34.5 Å². The minimum atomic E-state index is -3.57. The molecule has 266 valence electrons. The third kappa shape index (κ3) is 7.71. The van der Waals surface area contributed by atoms with Gasteiger partial charge < -0.3 is 16.0 Å². The normalized spacial score (nSPS) is 29.8. The van der Waals surface area contributed by atoms with Crippen LogP contribution in [0.2, 0.25) is 0 Å². The van der Waals surface area contributed by atoms with Crippen LogP contribution in [0.15, 0.2) is 0 Å². The van der Waals surface area contributed by atoms with Crippen molar-refractivity contribution in [3.05, 3.63) is 0 Å². The van der Waals surface area contributed by atoms with Crippen molar-refractivity contribution < 1.29 is 27.6 Å². The maximum atomic E-state index is 14.6. The van der Waals surface area contributed by atoms with Gasteiger partial charge in [-0.05, 0) is 60.2 Å². The number of primary amides is 1. The predicted molar refractivity (Wildman–Crippen MR) is 177 cm³/mol. The summed E-state index contributed by atoms with van der Waals surface area (Å²) in [6.07, 6.45) is 7.88. The van der Waals surface area contributed by atoms with E-state index in [0.717, 1.165) is 51.4 Å². The smallest absolute Gasteiger partial charge is 0.287 e. The maximum Gasteiger partial charge on any atom is 0.287 e. The fourth-order valence-corrected chi connectivity index (χ4v) is 9.65. The molecule has 2 saturated heterocycles. The molecule has 14 heteroatoms. The Morgan fingerprint density at radius 1 is 0.957 bits per heavy atom. The number of hydrogen-bond donors (Lipinski definition) is 4. The monoisotopic (exact) mass is 679 g/mol. The van der Waals surface area contributed by atoms with E-state index in [1.807, 2.05) is 20.8 Å². The van der Waals surface area contributed by atoms with Gasteiger partial charge in [0.25, 0.3) is 16.1 Å². The average Bonchev–Trinajstić information content (AvgIpc) is 3.85. The molecule has 5 aliphatic rings. The zero-order valence-electron chi connectivity index (χ0n) is 29.1. The van der Waals surface area contributed by atoms with Gasteiger partial charge in [0.1, 0.15) is 12.1 Å². The third-order valence-electron chi connectivity index (χ3n) is 11.7. The SMILES string of the molecule is CN1CCCN(C[C@@H](NN[C@H](C(=O)N2CC3C([C@H]2C(=O)NC(CC2CC2)C(=O)C(N)=O)C3(C)C)C2CCCCC2)C(C)(C)C)S1(=O)=O. The van der Waals surface area contributed by atoms with Gasteiger partial charge in [0.2, 0.25) is 17.6 Å². The number of nitrogens with zero attached hydrogens (tertiary/aromatic N) is 3. The average molecular weight is 680 g/mol. The summed E-state index contributed by atoms with van der Waals surface area (Å²) in [6.45, 7) is 12.0. The largest absolute Gasteiger partial charge is 0.363 e. The lowest BCUT2D eigenvalue weighted by Crippen LogP contribution is -2.64. The van der Waals surface area contributed by atoms with Crippen LogP contribution in [-0.4, -0.2) is 103 Å². The van der Waals surface area contributed by atoms with Gasteiger partial charge in [-0.2, -0.15) is 17.0 Å². The van der Waals surface area contributed by atoms with Crippen molar-refractivity contribution >= 4 is 33.7 Å². The summed E-state index contributed by atoms with van der Waals surface area (Å²) in [6, 6.07) is -2.68. The molecule has 3 aliphatic carbocycles. The number of hydrogen-bond acceptors (Lipinski definition) is 8. The van der Waals surface area contributed by atoms with E-state index >= 15 is 0 Å². The van der Waals surface area contributed by atoms with E-state index in [0.29, 0.717) is 26.1 Å². The van der Waals surface area contributed by atoms with Crippen LogP contribution in [0.4, 0.5) is 0 Å². The van der Waals surface area contributed by atoms with Crippen molar-refractivity contribution in [1.82, 2.24) is 29.7 Å². The highest BCUT2D eigenvalue weighted by atomic mass is 32.2. The number of carbonyl (C=O) groups is 4. The molecule has 3 amide bonds. The summed E-state index contributed by atoms with van der Waals surface area (Å²) in [5, 5.41) is 2.85. The number of nitrogens with two attached hydrogens (primary N) is 1. The van der Waals surface area contributed by atoms with Gasteiger partial charge in [0.15, 0.2) is 0 Å². The number of Topliss-reactive ketones (excluding diaryl/α,β-unsaturated/α-hetero) is 1. The third-order valence-corrected chi connectivity index (χ3v) is 13.7. The number of likely N-dealkylation sites (tertiary alicyclic amines) is 1. The van der Waals surface area contributed by atoms with Crippen LogP contribution in [0.3, 0.4) is 0 Å². The quantitative estimate of drug-likeness (QED) is 0.166. The highest BCUT2D eigenvalue weighted by Crippen LogP contribution is 2.65. The van der Waals surface area contributed by atoms with Gasteiger partial charge in [-0.3, -0.25) is 24.6 Å². The van der Waals surface area contributed by atoms with E-state index in [9.17, 15) is 27.6 Å². The molecule has 2 aliphatic heterocycles. The minimum absolute atomic E-state index is 0.0434. The second-order valence-electron chi connectivity index (χ2n) is 16.5. The molecule has 5 rings (SSSR count). The summed E-state index contributed by atoms with van der Waals surface area (Å²) >= 11 is 0. The van der Waals surface area contributed by atoms with E-state index in [1.165, 1.54) is 8.61 Å². The Bertz CT molecular complexity index is 1320. The first kappa shape index (κ1) is 36.2. The molecular formula is C33H57N7O6S. The number of nitrogens with one attached hydrogen (secondary N) is 3. The van der Waals surface area contributed by atoms with Crippen molar-refractivity contribution in [2.24, 2.45) is 40.2 Å². The molecule has 47 heavy (non-hydrogen) atoms. The van der Waals surface area contributed by atoms with E-state index in [-0.39, 0.29) is 53.0 Å². The predicted octanol–water partition coefficient (Wildman–Crippen LogP) is 1.15. The highest BCUT2D eigenvalue weighted by molar-refractivity contribution is 7.86. The Kier molecular flexibility index (Phi) is 10.5. The molecule has 5 N–H and O–H groups in total. The number of rotatable bonds is 13. The lowest BCUT2D eigenvalue weighted by Gasteiger charge is -2.41. The lowest BCUT2D eigenvalue weighted by atomic mass is 9.83. The van der Waals surface area contributed by atoms with Gasteiger partial charge in [0, 0.05) is 39.3 Å². The van der Waals surface area contributed by atoms with Crippen LogP contribution in [0.25, 0.3) is 0 Å². The zero-order chi connectivity index (χ0) is 34.5. The Morgan fingerprint density at radius 2 is 1.62 bits per heavy atom. The van der Waals surface area contributed by atoms with Gasteiger partial charge in [-0.1, -0.05) is 66.7 Å². The number of amides is 3. The number of fused-ring (bicyclic) bond motifs is 1. The van der Waals surface area contributed by atoms with Gasteiger partial charge in [-0.15, -0.1) is 0 Å². The molecule has 6 atom stereocenters. The molecule has 0 bridgehead atoms. The molecule has 5 fully saturated rings. The summed E-state index contributed by atoms with van der Waals surface area (Å²) in [7, 11) is -1.97. The summed E-state index contributed by atoms with van der Waals surface area (Å²) in [4.78, 5) is 54.9. The number of carbonyl (C=O) groups excluding carboxylic acids is 4. The first-order chi connectivity index (χ1) is 21.9. The zero-order valence-corrected chi connectivity index (χ0v) is 29.9. The molecule has 0 radical (unpaired) electrons. The Balaban J connectivity index is 1.36. The van der Waals surface area contributed by atoms with Crippen molar-refractivity contribution in [1.29, 1.82) is 0 Å². The standard InChI is InChI=1S/C33H57N7O6S/c1-32(2,3)24(19-39-16-10-15-38(6)47(39,45)46)36-37-26(21-11-8-7-9-12-21)31(44)40-18-22-25(33(22,4)5)27(40)30(43)35-23(17-20-13-14-20)28(41)29(34)42/h20-27,36-37H,7-19H2,1-6H3,(H2,34,42)(H,35,43)/t22?,23?,24-,25?,26+,27+/m1/s1. The Morgan fingerprint density at radius 3 is 2.21 bits per heavy atom. The van der Waals surface area contributed by atoms with Gasteiger partial charge in [0.05, 0.1) is 6.04 Å². The highest BCUT2D eigenvalue weighted by Gasteiger charge is 2.69. The summed E-state index contributed by atoms with van der Waals surface area (Å²) in [5.41, 5.74) is 11.7. The fourth-order valence-electron chi connectivity index (χ4n) is 8.20.